The summed E-state index contributed by atoms with van der Waals surface area (Å²) in [5.74, 6) is 1.71. The molecule has 1 saturated heterocycles. The molecule has 0 spiro atoms. The summed E-state index contributed by atoms with van der Waals surface area (Å²) in [6.07, 6.45) is 4.12. The average Bonchev–Trinajstić information content (AvgIpc) is 2.88. The zero-order valence-corrected chi connectivity index (χ0v) is 10.5. The lowest BCUT2D eigenvalue weighted by Crippen LogP contribution is -2.23. The van der Waals surface area contributed by atoms with Crippen molar-refractivity contribution in [3.63, 3.8) is 0 Å². The Morgan fingerprint density at radius 1 is 1.29 bits per heavy atom. The van der Waals surface area contributed by atoms with Crippen LogP contribution in [0.25, 0.3) is 0 Å². The van der Waals surface area contributed by atoms with E-state index in [1.54, 1.807) is 0 Å². The van der Waals surface area contributed by atoms with E-state index in [1.165, 1.54) is 19.3 Å². The molecule has 3 rings (SSSR count). The van der Waals surface area contributed by atoms with E-state index >= 15 is 0 Å². The zero-order valence-electron chi connectivity index (χ0n) is 9.77. The maximum atomic E-state index is 5.93. The molecule has 2 atom stereocenters. The van der Waals surface area contributed by atoms with Crippen molar-refractivity contribution >= 4 is 17.3 Å². The Morgan fingerprint density at radius 3 is 2.65 bits per heavy atom. The molecule has 1 aromatic heterocycles. The molecule has 17 heavy (non-hydrogen) atoms. The lowest BCUT2D eigenvalue weighted by molar-refractivity contribution is 0.494. The van der Waals surface area contributed by atoms with Gasteiger partial charge in [-0.15, -0.1) is 5.10 Å². The van der Waals surface area contributed by atoms with Gasteiger partial charge < -0.3 is 10.6 Å². The van der Waals surface area contributed by atoms with Crippen molar-refractivity contribution < 1.29 is 0 Å². The third-order valence-corrected chi connectivity index (χ3v) is 4.26. The second-order valence-corrected chi connectivity index (χ2v) is 5.45. The van der Waals surface area contributed by atoms with Gasteiger partial charge in [0.25, 0.3) is 0 Å². The molecule has 2 fully saturated rings. The normalized spacial score (nSPS) is 27.5. The van der Waals surface area contributed by atoms with Crippen molar-refractivity contribution in [3.05, 3.63) is 16.9 Å². The van der Waals surface area contributed by atoms with Crippen LogP contribution in [0.4, 0.5) is 5.69 Å². The van der Waals surface area contributed by atoms with Crippen LogP contribution in [-0.4, -0.2) is 23.3 Å². The maximum Gasteiger partial charge on any atom is 0.153 e. The lowest BCUT2D eigenvalue weighted by Gasteiger charge is -2.21. The van der Waals surface area contributed by atoms with Gasteiger partial charge in [-0.2, -0.15) is 5.10 Å². The second kappa shape index (κ2) is 4.42. The molecule has 1 aliphatic heterocycles. The van der Waals surface area contributed by atoms with Gasteiger partial charge in [-0.3, -0.25) is 0 Å². The molecule has 5 heteroatoms. The van der Waals surface area contributed by atoms with E-state index in [0.29, 0.717) is 11.7 Å². The van der Waals surface area contributed by atoms with Gasteiger partial charge in [0.05, 0.1) is 5.69 Å². The van der Waals surface area contributed by atoms with Gasteiger partial charge in [0.2, 0.25) is 0 Å². The number of fused-ring (bicyclic) bond motifs is 1. The number of halogens is 1. The Morgan fingerprint density at radius 2 is 2.00 bits per heavy atom. The van der Waals surface area contributed by atoms with Crippen molar-refractivity contribution in [2.45, 2.75) is 25.8 Å². The molecule has 1 saturated carbocycles. The molecule has 4 nitrogen and oxygen atoms in total. The minimum absolute atomic E-state index is 0.422. The highest BCUT2D eigenvalue weighted by Crippen LogP contribution is 2.40. The predicted molar refractivity (Wildman–Crippen MR) is 68.0 cm³/mol. The predicted octanol–water partition coefficient (Wildman–Crippen LogP) is 1.82. The summed E-state index contributed by atoms with van der Waals surface area (Å²) in [4.78, 5) is 2.39. The minimum Gasteiger partial charge on any atom is -0.369 e. The highest BCUT2D eigenvalue weighted by atomic mass is 35.5. The number of rotatable bonds is 2. The van der Waals surface area contributed by atoms with Crippen molar-refractivity contribution in [2.24, 2.45) is 17.6 Å². The number of aromatic nitrogens is 2. The summed E-state index contributed by atoms with van der Waals surface area (Å²) >= 11 is 5.93. The standard InChI is InChI=1S/C12H17ClN4/c13-12-4-11(10(5-14)15-16-12)17-6-8-2-1-3-9(8)7-17/h4,8-9H,1-3,5-7,14H2. The van der Waals surface area contributed by atoms with Gasteiger partial charge in [-0.25, -0.2) is 0 Å². The molecule has 0 aromatic carbocycles. The molecular weight excluding hydrogens is 236 g/mol. The summed E-state index contributed by atoms with van der Waals surface area (Å²) in [7, 11) is 0. The third-order valence-electron chi connectivity index (χ3n) is 4.08. The van der Waals surface area contributed by atoms with Crippen molar-refractivity contribution in [1.29, 1.82) is 0 Å². The first kappa shape index (κ1) is 11.2. The molecule has 1 aromatic rings. The van der Waals surface area contributed by atoms with E-state index in [9.17, 15) is 0 Å². The molecule has 0 radical (unpaired) electrons. The van der Waals surface area contributed by atoms with Crippen LogP contribution in [0.2, 0.25) is 5.15 Å². The highest BCUT2D eigenvalue weighted by molar-refractivity contribution is 6.29. The first-order valence-electron chi connectivity index (χ1n) is 6.25. The molecule has 2 unspecified atom stereocenters. The summed E-state index contributed by atoms with van der Waals surface area (Å²) in [5.41, 5.74) is 7.65. The Hall–Kier alpha value is -0.870. The highest BCUT2D eigenvalue weighted by Gasteiger charge is 2.36. The van der Waals surface area contributed by atoms with E-state index in [4.69, 9.17) is 17.3 Å². The number of nitrogens with zero attached hydrogens (tertiary/aromatic N) is 3. The van der Waals surface area contributed by atoms with E-state index in [0.717, 1.165) is 36.3 Å². The van der Waals surface area contributed by atoms with Crippen molar-refractivity contribution in [3.8, 4) is 0 Å². The van der Waals surface area contributed by atoms with E-state index in [1.807, 2.05) is 6.07 Å². The Balaban J connectivity index is 1.87. The van der Waals surface area contributed by atoms with Crippen LogP contribution in [0.3, 0.4) is 0 Å². The molecule has 0 amide bonds. The van der Waals surface area contributed by atoms with Crippen LogP contribution < -0.4 is 10.6 Å². The van der Waals surface area contributed by atoms with Gasteiger partial charge in [-0.05, 0) is 24.7 Å². The number of hydrogen-bond acceptors (Lipinski definition) is 4. The monoisotopic (exact) mass is 252 g/mol. The smallest absolute Gasteiger partial charge is 0.153 e. The number of hydrogen-bond donors (Lipinski definition) is 1. The second-order valence-electron chi connectivity index (χ2n) is 5.06. The SMILES string of the molecule is NCc1nnc(Cl)cc1N1CC2CCCC2C1. The number of nitrogens with two attached hydrogens (primary N) is 1. The average molecular weight is 253 g/mol. The lowest BCUT2D eigenvalue weighted by atomic mass is 10.0. The fourth-order valence-electron chi connectivity index (χ4n) is 3.24. The van der Waals surface area contributed by atoms with E-state index in [2.05, 4.69) is 15.1 Å². The molecule has 2 aliphatic rings. The molecule has 92 valence electrons. The fraction of sp³-hybridized carbons (Fsp3) is 0.667. The molecule has 2 heterocycles. The van der Waals surface area contributed by atoms with Gasteiger partial charge in [0, 0.05) is 25.7 Å². The molecular formula is C12H17ClN4. The van der Waals surface area contributed by atoms with Gasteiger partial charge >= 0.3 is 0 Å². The van der Waals surface area contributed by atoms with Crippen LogP contribution in [0.1, 0.15) is 25.0 Å². The Labute approximate surface area is 106 Å². The van der Waals surface area contributed by atoms with Gasteiger partial charge in [0.15, 0.2) is 5.15 Å². The first-order chi connectivity index (χ1) is 8.28. The topological polar surface area (TPSA) is 55.0 Å². The summed E-state index contributed by atoms with van der Waals surface area (Å²) in [6, 6.07) is 1.90. The van der Waals surface area contributed by atoms with Crippen LogP contribution in [0.5, 0.6) is 0 Å². The Bertz CT molecular complexity index is 411. The molecule has 0 bridgehead atoms. The molecule has 1 aliphatic carbocycles. The molecule has 2 N–H and O–H groups in total. The minimum atomic E-state index is 0.422. The van der Waals surface area contributed by atoms with Crippen molar-refractivity contribution in [1.82, 2.24) is 10.2 Å². The van der Waals surface area contributed by atoms with Gasteiger partial charge in [-0.1, -0.05) is 18.0 Å². The maximum absolute atomic E-state index is 5.93. The largest absolute Gasteiger partial charge is 0.369 e. The Kier molecular flexibility index (Phi) is 2.92. The third kappa shape index (κ3) is 2.00. The van der Waals surface area contributed by atoms with Gasteiger partial charge in [0.1, 0.15) is 5.69 Å². The number of anilines is 1. The summed E-state index contributed by atoms with van der Waals surface area (Å²) in [6.45, 7) is 2.67. The summed E-state index contributed by atoms with van der Waals surface area (Å²) < 4.78 is 0. The van der Waals surface area contributed by atoms with E-state index < -0.39 is 0 Å². The van der Waals surface area contributed by atoms with Crippen LogP contribution in [-0.2, 0) is 6.54 Å². The summed E-state index contributed by atoms with van der Waals surface area (Å²) in [5, 5.41) is 8.40. The van der Waals surface area contributed by atoms with Crippen molar-refractivity contribution in [2.75, 3.05) is 18.0 Å². The van der Waals surface area contributed by atoms with Crippen LogP contribution in [0, 0.1) is 11.8 Å². The zero-order chi connectivity index (χ0) is 11.8. The van der Waals surface area contributed by atoms with E-state index in [-0.39, 0.29) is 0 Å². The quantitative estimate of drug-likeness (QED) is 0.873. The fourth-order valence-corrected chi connectivity index (χ4v) is 3.38. The van der Waals surface area contributed by atoms with Crippen LogP contribution >= 0.6 is 11.6 Å². The van der Waals surface area contributed by atoms with Crippen LogP contribution in [0.15, 0.2) is 6.07 Å². The first-order valence-corrected chi connectivity index (χ1v) is 6.63.